The van der Waals surface area contributed by atoms with Gasteiger partial charge in [0.15, 0.2) is 0 Å². The Hall–Kier alpha value is -1.89. The molecule has 0 radical (unpaired) electrons. The molecule has 0 aliphatic heterocycles. The second-order valence-corrected chi connectivity index (χ2v) is 6.38. The van der Waals surface area contributed by atoms with E-state index in [1.165, 1.54) is 0 Å². The molecule has 3 rings (SSSR count). The highest BCUT2D eigenvalue weighted by molar-refractivity contribution is 5.92. The van der Waals surface area contributed by atoms with Crippen molar-refractivity contribution in [3.63, 3.8) is 0 Å². The molecule has 2 aliphatic rings. The van der Waals surface area contributed by atoms with Crippen LogP contribution in [0.5, 0.6) is 0 Å². The van der Waals surface area contributed by atoms with E-state index in [1.807, 2.05) is 0 Å². The third kappa shape index (κ3) is 4.07. The molecule has 2 amide bonds. The molecule has 0 spiro atoms. The Morgan fingerprint density at radius 3 is 2.86 bits per heavy atom. The van der Waals surface area contributed by atoms with Gasteiger partial charge in [0, 0.05) is 24.2 Å². The first-order chi connectivity index (χ1) is 10.6. The summed E-state index contributed by atoms with van der Waals surface area (Å²) < 4.78 is 1.54. The Labute approximate surface area is 129 Å². The van der Waals surface area contributed by atoms with Crippen LogP contribution < -0.4 is 16.4 Å². The second kappa shape index (κ2) is 6.48. The van der Waals surface area contributed by atoms with E-state index in [-0.39, 0.29) is 30.3 Å². The van der Waals surface area contributed by atoms with Crippen LogP contribution in [0.15, 0.2) is 12.4 Å². The van der Waals surface area contributed by atoms with Gasteiger partial charge in [0.2, 0.25) is 11.8 Å². The Morgan fingerprint density at radius 1 is 1.32 bits per heavy atom. The Bertz CT molecular complexity index is 552. The maximum Gasteiger partial charge on any atom is 0.241 e. The molecule has 22 heavy (non-hydrogen) atoms. The first-order valence-electron chi connectivity index (χ1n) is 7.98. The van der Waals surface area contributed by atoms with E-state index in [1.54, 1.807) is 17.1 Å². The summed E-state index contributed by atoms with van der Waals surface area (Å²) in [6, 6.07) is 0.469. The number of carbonyl (C=O) groups is 2. The van der Waals surface area contributed by atoms with Gasteiger partial charge in [0.1, 0.15) is 6.54 Å². The van der Waals surface area contributed by atoms with E-state index in [0.717, 1.165) is 38.5 Å². The van der Waals surface area contributed by atoms with Crippen LogP contribution in [0.25, 0.3) is 0 Å². The molecule has 2 atom stereocenters. The number of hydrogen-bond donors (Lipinski definition) is 3. The molecular weight excluding hydrogens is 282 g/mol. The molecule has 0 aromatic carbocycles. The summed E-state index contributed by atoms with van der Waals surface area (Å²) in [5.41, 5.74) is 6.55. The molecule has 2 unspecified atom stereocenters. The number of anilines is 1. The van der Waals surface area contributed by atoms with Crippen LogP contribution in [0.2, 0.25) is 0 Å². The highest BCUT2D eigenvalue weighted by Crippen LogP contribution is 2.24. The van der Waals surface area contributed by atoms with Gasteiger partial charge in [-0.2, -0.15) is 5.10 Å². The zero-order chi connectivity index (χ0) is 15.5. The molecular formula is C15H23N5O2. The molecule has 2 fully saturated rings. The molecule has 2 saturated carbocycles. The number of amides is 2. The van der Waals surface area contributed by atoms with Gasteiger partial charge in [-0.25, -0.2) is 0 Å². The number of nitrogens with zero attached hydrogens (tertiary/aromatic N) is 2. The number of nitrogens with one attached hydrogen (secondary N) is 2. The number of aromatic nitrogens is 2. The third-order valence-electron chi connectivity index (χ3n) is 4.23. The Kier molecular flexibility index (Phi) is 4.42. The fraction of sp³-hybridized carbons (Fsp3) is 0.667. The second-order valence-electron chi connectivity index (χ2n) is 6.38. The minimum atomic E-state index is -0.0401. The molecule has 1 aromatic rings. The van der Waals surface area contributed by atoms with Crippen LogP contribution in [0.1, 0.15) is 38.5 Å². The number of nitrogens with two attached hydrogens (primary N) is 1. The van der Waals surface area contributed by atoms with Gasteiger partial charge >= 0.3 is 0 Å². The topological polar surface area (TPSA) is 102 Å². The summed E-state index contributed by atoms with van der Waals surface area (Å²) in [6.45, 7) is 0.181. The SMILES string of the molecule is NC1CCCC(C(=O)Nc2cnn(CC(=O)NC3CC3)c2)C1. The van der Waals surface area contributed by atoms with Gasteiger partial charge < -0.3 is 16.4 Å². The average Bonchev–Trinajstić information content (AvgIpc) is 3.18. The van der Waals surface area contributed by atoms with Crippen molar-refractivity contribution < 1.29 is 9.59 Å². The van der Waals surface area contributed by atoms with E-state index >= 15 is 0 Å². The maximum absolute atomic E-state index is 12.2. The van der Waals surface area contributed by atoms with Crippen molar-refractivity contribution in [2.75, 3.05) is 5.32 Å². The van der Waals surface area contributed by atoms with Crippen molar-refractivity contribution in [3.05, 3.63) is 12.4 Å². The summed E-state index contributed by atoms with van der Waals surface area (Å²) in [7, 11) is 0. The van der Waals surface area contributed by atoms with Gasteiger partial charge in [0.25, 0.3) is 0 Å². The smallest absolute Gasteiger partial charge is 0.241 e. The summed E-state index contributed by atoms with van der Waals surface area (Å²) in [5.74, 6) is -0.0656. The molecule has 120 valence electrons. The lowest BCUT2D eigenvalue weighted by Crippen LogP contribution is -2.34. The fourth-order valence-electron chi connectivity index (χ4n) is 2.87. The van der Waals surface area contributed by atoms with E-state index in [9.17, 15) is 9.59 Å². The van der Waals surface area contributed by atoms with E-state index in [4.69, 9.17) is 5.73 Å². The molecule has 4 N–H and O–H groups in total. The van der Waals surface area contributed by atoms with Gasteiger partial charge in [0.05, 0.1) is 11.9 Å². The maximum atomic E-state index is 12.2. The lowest BCUT2D eigenvalue weighted by molar-refractivity contribution is -0.122. The number of carbonyl (C=O) groups excluding carboxylic acids is 2. The monoisotopic (exact) mass is 305 g/mol. The zero-order valence-electron chi connectivity index (χ0n) is 12.6. The molecule has 7 heteroatoms. The van der Waals surface area contributed by atoms with Crippen molar-refractivity contribution >= 4 is 17.5 Å². The molecule has 2 aliphatic carbocycles. The minimum Gasteiger partial charge on any atom is -0.352 e. The Balaban J connectivity index is 1.50. The van der Waals surface area contributed by atoms with Crippen LogP contribution in [-0.4, -0.2) is 33.7 Å². The lowest BCUT2D eigenvalue weighted by Gasteiger charge is -2.25. The van der Waals surface area contributed by atoms with E-state index in [0.29, 0.717) is 11.7 Å². The molecule has 1 aromatic heterocycles. The largest absolute Gasteiger partial charge is 0.352 e. The van der Waals surface area contributed by atoms with Crippen molar-refractivity contribution in [2.45, 2.75) is 57.2 Å². The molecule has 0 saturated heterocycles. The van der Waals surface area contributed by atoms with Crippen LogP contribution in [0.3, 0.4) is 0 Å². The van der Waals surface area contributed by atoms with Crippen LogP contribution in [0.4, 0.5) is 5.69 Å². The van der Waals surface area contributed by atoms with Crippen LogP contribution >= 0.6 is 0 Å². The first kappa shape index (κ1) is 15.0. The van der Waals surface area contributed by atoms with Crippen LogP contribution in [-0.2, 0) is 16.1 Å². The first-order valence-corrected chi connectivity index (χ1v) is 7.98. The van der Waals surface area contributed by atoms with E-state index < -0.39 is 0 Å². The summed E-state index contributed by atoms with van der Waals surface area (Å²) in [5, 5.41) is 9.89. The fourth-order valence-corrected chi connectivity index (χ4v) is 2.87. The van der Waals surface area contributed by atoms with Crippen molar-refractivity contribution in [1.29, 1.82) is 0 Å². The molecule has 7 nitrogen and oxygen atoms in total. The molecule has 1 heterocycles. The summed E-state index contributed by atoms with van der Waals surface area (Å²) >= 11 is 0. The van der Waals surface area contributed by atoms with Crippen molar-refractivity contribution in [3.8, 4) is 0 Å². The predicted octanol–water partition coefficient (Wildman–Crippen LogP) is 0.618. The highest BCUT2D eigenvalue weighted by Gasteiger charge is 2.26. The normalized spacial score (nSPS) is 24.8. The summed E-state index contributed by atoms with van der Waals surface area (Å²) in [4.78, 5) is 23.9. The number of rotatable bonds is 5. The lowest BCUT2D eigenvalue weighted by atomic mass is 9.85. The van der Waals surface area contributed by atoms with Gasteiger partial charge in [-0.3, -0.25) is 14.3 Å². The van der Waals surface area contributed by atoms with Crippen LogP contribution in [0, 0.1) is 5.92 Å². The van der Waals surface area contributed by atoms with Crippen molar-refractivity contribution in [1.82, 2.24) is 15.1 Å². The minimum absolute atomic E-state index is 0.00266. The zero-order valence-corrected chi connectivity index (χ0v) is 12.6. The highest BCUT2D eigenvalue weighted by atomic mass is 16.2. The van der Waals surface area contributed by atoms with E-state index in [2.05, 4.69) is 15.7 Å². The Morgan fingerprint density at radius 2 is 2.14 bits per heavy atom. The quantitative estimate of drug-likeness (QED) is 0.742. The average molecular weight is 305 g/mol. The van der Waals surface area contributed by atoms with Gasteiger partial charge in [-0.05, 0) is 32.1 Å². The number of hydrogen-bond acceptors (Lipinski definition) is 4. The van der Waals surface area contributed by atoms with Gasteiger partial charge in [-0.15, -0.1) is 0 Å². The van der Waals surface area contributed by atoms with Gasteiger partial charge in [-0.1, -0.05) is 6.42 Å². The third-order valence-corrected chi connectivity index (χ3v) is 4.23. The predicted molar refractivity (Wildman–Crippen MR) is 82.0 cm³/mol. The van der Waals surface area contributed by atoms with Crippen molar-refractivity contribution in [2.24, 2.45) is 11.7 Å². The summed E-state index contributed by atoms with van der Waals surface area (Å²) in [6.07, 6.45) is 9.02. The molecule has 0 bridgehead atoms. The standard InChI is InChI=1S/C15H23N5O2/c16-11-3-1-2-10(6-11)15(22)19-13-7-17-20(8-13)9-14(21)18-12-4-5-12/h7-8,10-12H,1-6,9,16H2,(H,18,21)(H,19,22).